The van der Waals surface area contributed by atoms with Gasteiger partial charge in [0.1, 0.15) is 12.3 Å². The number of para-hydroxylation sites is 2. The summed E-state index contributed by atoms with van der Waals surface area (Å²) in [7, 11) is 1.69. The van der Waals surface area contributed by atoms with Crippen LogP contribution in [-0.2, 0) is 18.4 Å². The average molecular weight is 373 g/mol. The van der Waals surface area contributed by atoms with Gasteiger partial charge in [-0.15, -0.1) is 0 Å². The zero-order chi connectivity index (χ0) is 19.0. The highest BCUT2D eigenvalue weighted by Gasteiger charge is 2.17. The zero-order valence-corrected chi connectivity index (χ0v) is 16.0. The molecule has 1 aromatic heterocycles. The summed E-state index contributed by atoms with van der Waals surface area (Å²) in [5, 5.41) is 0.638. The molecule has 0 aliphatic rings. The minimum absolute atomic E-state index is 0.149. The SMILES string of the molecule is Cc1cc(OC(=O)Cn2c(=O)n(C)c3ccccc32)c(C(C)C)cc1Cl. The Labute approximate surface area is 156 Å². The Morgan fingerprint density at radius 2 is 1.85 bits per heavy atom. The van der Waals surface area contributed by atoms with Crippen molar-refractivity contribution in [3.05, 3.63) is 63.0 Å². The zero-order valence-electron chi connectivity index (χ0n) is 15.2. The summed E-state index contributed by atoms with van der Waals surface area (Å²) in [6.07, 6.45) is 0. The molecule has 3 aromatic rings. The van der Waals surface area contributed by atoms with Crippen molar-refractivity contribution in [2.75, 3.05) is 0 Å². The van der Waals surface area contributed by atoms with Crippen LogP contribution in [0.2, 0.25) is 5.02 Å². The lowest BCUT2D eigenvalue weighted by molar-refractivity contribution is -0.135. The minimum Gasteiger partial charge on any atom is -0.425 e. The summed E-state index contributed by atoms with van der Waals surface area (Å²) >= 11 is 6.20. The summed E-state index contributed by atoms with van der Waals surface area (Å²) in [6.45, 7) is 5.72. The second-order valence-electron chi connectivity index (χ2n) is 6.68. The molecule has 0 atom stereocenters. The molecule has 2 aromatic carbocycles. The van der Waals surface area contributed by atoms with E-state index in [0.29, 0.717) is 16.3 Å². The molecule has 0 aliphatic heterocycles. The van der Waals surface area contributed by atoms with Gasteiger partial charge in [-0.05, 0) is 48.2 Å². The summed E-state index contributed by atoms with van der Waals surface area (Å²) in [5.74, 6) is 0.142. The van der Waals surface area contributed by atoms with Crippen molar-refractivity contribution < 1.29 is 9.53 Å². The fraction of sp³-hybridized carbons (Fsp3) is 0.300. The highest BCUT2D eigenvalue weighted by atomic mass is 35.5. The maximum absolute atomic E-state index is 12.5. The van der Waals surface area contributed by atoms with Gasteiger partial charge in [-0.1, -0.05) is 37.6 Å². The molecule has 3 rings (SSSR count). The second kappa shape index (κ2) is 7.00. The van der Waals surface area contributed by atoms with E-state index in [4.69, 9.17) is 16.3 Å². The molecule has 0 saturated heterocycles. The summed E-state index contributed by atoms with van der Waals surface area (Å²) in [4.78, 5) is 25.0. The topological polar surface area (TPSA) is 53.2 Å². The van der Waals surface area contributed by atoms with Crippen LogP contribution in [0.3, 0.4) is 0 Å². The molecule has 0 bridgehead atoms. The number of hydrogen-bond donors (Lipinski definition) is 0. The Morgan fingerprint density at radius 1 is 1.19 bits per heavy atom. The Bertz CT molecular complexity index is 1050. The van der Waals surface area contributed by atoms with Crippen LogP contribution in [0, 0.1) is 6.92 Å². The van der Waals surface area contributed by atoms with Crippen LogP contribution in [0.4, 0.5) is 0 Å². The number of ether oxygens (including phenoxy) is 1. The van der Waals surface area contributed by atoms with Crippen molar-refractivity contribution in [1.82, 2.24) is 9.13 Å². The number of benzene rings is 2. The third kappa shape index (κ3) is 3.27. The number of aryl methyl sites for hydroxylation is 2. The predicted molar refractivity (Wildman–Crippen MR) is 103 cm³/mol. The molecule has 0 unspecified atom stereocenters. The van der Waals surface area contributed by atoms with Crippen molar-refractivity contribution in [2.45, 2.75) is 33.2 Å². The number of imidazole rings is 1. The number of esters is 1. The molecule has 5 nitrogen and oxygen atoms in total. The van der Waals surface area contributed by atoms with Gasteiger partial charge >= 0.3 is 11.7 Å². The molecule has 0 saturated carbocycles. The van der Waals surface area contributed by atoms with E-state index in [1.165, 1.54) is 9.13 Å². The van der Waals surface area contributed by atoms with E-state index < -0.39 is 5.97 Å². The maximum atomic E-state index is 12.5. The van der Waals surface area contributed by atoms with E-state index in [-0.39, 0.29) is 18.2 Å². The molecule has 1 heterocycles. The molecular weight excluding hydrogens is 352 g/mol. The van der Waals surface area contributed by atoms with Crippen LogP contribution in [0.5, 0.6) is 5.75 Å². The number of hydrogen-bond acceptors (Lipinski definition) is 3. The van der Waals surface area contributed by atoms with Gasteiger partial charge in [0, 0.05) is 12.1 Å². The molecule has 6 heteroatoms. The lowest BCUT2D eigenvalue weighted by Crippen LogP contribution is -2.27. The quantitative estimate of drug-likeness (QED) is 0.513. The fourth-order valence-corrected chi connectivity index (χ4v) is 3.18. The minimum atomic E-state index is -0.493. The second-order valence-corrected chi connectivity index (χ2v) is 7.09. The van der Waals surface area contributed by atoms with E-state index in [0.717, 1.165) is 16.6 Å². The van der Waals surface area contributed by atoms with Crippen molar-refractivity contribution in [2.24, 2.45) is 7.05 Å². The first kappa shape index (κ1) is 18.3. The monoisotopic (exact) mass is 372 g/mol. The van der Waals surface area contributed by atoms with Gasteiger partial charge in [-0.25, -0.2) is 9.59 Å². The number of aromatic nitrogens is 2. The largest absolute Gasteiger partial charge is 0.425 e. The van der Waals surface area contributed by atoms with E-state index in [9.17, 15) is 9.59 Å². The van der Waals surface area contributed by atoms with Gasteiger partial charge in [0.15, 0.2) is 0 Å². The van der Waals surface area contributed by atoms with Crippen LogP contribution in [0.1, 0.15) is 30.9 Å². The number of halogens is 1. The van der Waals surface area contributed by atoms with E-state index in [1.807, 2.05) is 51.1 Å². The standard InChI is InChI=1S/C20H21ClN2O3/c1-12(2)14-10-15(21)13(3)9-18(14)26-19(24)11-23-17-8-6-5-7-16(17)22(4)20(23)25/h5-10,12H,11H2,1-4H3. The van der Waals surface area contributed by atoms with Crippen LogP contribution in [0.25, 0.3) is 11.0 Å². The molecular formula is C20H21ClN2O3. The van der Waals surface area contributed by atoms with E-state index in [2.05, 4.69) is 0 Å². The maximum Gasteiger partial charge on any atom is 0.331 e. The molecule has 0 radical (unpaired) electrons. The Morgan fingerprint density at radius 3 is 2.50 bits per heavy atom. The third-order valence-corrected chi connectivity index (χ3v) is 4.88. The number of carbonyl (C=O) groups excluding carboxylic acids is 1. The van der Waals surface area contributed by atoms with Gasteiger partial charge in [0.25, 0.3) is 0 Å². The van der Waals surface area contributed by atoms with Gasteiger partial charge in [0.2, 0.25) is 0 Å². The van der Waals surface area contributed by atoms with Gasteiger partial charge in [-0.2, -0.15) is 0 Å². The van der Waals surface area contributed by atoms with Crippen molar-refractivity contribution in [3.8, 4) is 5.75 Å². The number of carbonyl (C=O) groups is 1. The molecule has 0 N–H and O–H groups in total. The summed E-state index contributed by atoms with van der Waals surface area (Å²) < 4.78 is 8.54. The Hall–Kier alpha value is -2.53. The average Bonchev–Trinajstić information content (AvgIpc) is 2.83. The molecule has 0 amide bonds. The van der Waals surface area contributed by atoms with Crippen molar-refractivity contribution in [3.63, 3.8) is 0 Å². The first-order chi connectivity index (χ1) is 12.3. The Kier molecular flexibility index (Phi) is 4.92. The first-order valence-electron chi connectivity index (χ1n) is 8.44. The summed E-state index contributed by atoms with van der Waals surface area (Å²) in [6, 6.07) is 10.9. The van der Waals surface area contributed by atoms with Gasteiger partial charge < -0.3 is 4.74 Å². The normalized spacial score (nSPS) is 11.3. The molecule has 0 spiro atoms. The number of rotatable bonds is 4. The predicted octanol–water partition coefficient (Wildman–Crippen LogP) is 4.03. The van der Waals surface area contributed by atoms with E-state index in [1.54, 1.807) is 13.1 Å². The lowest BCUT2D eigenvalue weighted by atomic mass is 10.0. The van der Waals surface area contributed by atoms with Gasteiger partial charge in [-0.3, -0.25) is 9.13 Å². The fourth-order valence-electron chi connectivity index (χ4n) is 3.01. The number of nitrogens with zero attached hydrogens (tertiary/aromatic N) is 2. The molecule has 136 valence electrons. The van der Waals surface area contributed by atoms with Crippen LogP contribution in [-0.4, -0.2) is 15.1 Å². The highest BCUT2D eigenvalue weighted by molar-refractivity contribution is 6.31. The highest BCUT2D eigenvalue weighted by Crippen LogP contribution is 2.32. The van der Waals surface area contributed by atoms with Gasteiger partial charge in [0.05, 0.1) is 11.0 Å². The smallest absolute Gasteiger partial charge is 0.331 e. The first-order valence-corrected chi connectivity index (χ1v) is 8.82. The molecule has 0 aliphatic carbocycles. The molecule has 26 heavy (non-hydrogen) atoms. The lowest BCUT2D eigenvalue weighted by Gasteiger charge is -2.15. The van der Waals surface area contributed by atoms with Crippen molar-refractivity contribution >= 4 is 28.6 Å². The molecule has 0 fully saturated rings. The summed E-state index contributed by atoms with van der Waals surface area (Å²) in [5.41, 5.74) is 2.92. The van der Waals surface area contributed by atoms with Crippen molar-refractivity contribution in [1.29, 1.82) is 0 Å². The third-order valence-electron chi connectivity index (χ3n) is 4.48. The van der Waals surface area contributed by atoms with Crippen LogP contribution >= 0.6 is 11.6 Å². The Balaban J connectivity index is 1.93. The van der Waals surface area contributed by atoms with Crippen LogP contribution in [0.15, 0.2) is 41.2 Å². The van der Waals surface area contributed by atoms with E-state index >= 15 is 0 Å². The number of fused-ring (bicyclic) bond motifs is 1. The van der Waals surface area contributed by atoms with Crippen LogP contribution < -0.4 is 10.4 Å².